The second-order valence-electron chi connectivity index (χ2n) is 11.1. The number of hydrogen-bond acceptors (Lipinski definition) is 6. The van der Waals surface area contributed by atoms with Crippen LogP contribution in [-0.4, -0.2) is 66.0 Å². The zero-order valence-electron chi connectivity index (χ0n) is 21.2. The molecule has 0 saturated carbocycles. The molecule has 2 atom stereocenters. The van der Waals surface area contributed by atoms with Gasteiger partial charge >= 0.3 is 0 Å². The van der Waals surface area contributed by atoms with Crippen molar-refractivity contribution in [3.05, 3.63) is 23.9 Å². The zero-order chi connectivity index (χ0) is 24.5. The zero-order valence-corrected chi connectivity index (χ0v) is 21.2. The Hall–Kier alpha value is -2.64. The number of rotatable bonds is 8. The molecule has 34 heavy (non-hydrogen) atoms. The van der Waals surface area contributed by atoms with E-state index in [0.717, 1.165) is 75.7 Å². The van der Waals surface area contributed by atoms with Crippen LogP contribution in [0.15, 0.2) is 12.7 Å². The van der Waals surface area contributed by atoms with Crippen molar-refractivity contribution in [1.82, 2.24) is 20.2 Å². The van der Waals surface area contributed by atoms with Crippen molar-refractivity contribution >= 4 is 23.6 Å². The predicted octanol–water partition coefficient (Wildman–Crippen LogP) is 2.79. The van der Waals surface area contributed by atoms with E-state index in [1.807, 2.05) is 4.90 Å². The van der Waals surface area contributed by atoms with Gasteiger partial charge in [0, 0.05) is 56.7 Å². The molecule has 8 nitrogen and oxygen atoms in total. The van der Waals surface area contributed by atoms with Crippen LogP contribution < -0.4 is 15.5 Å². The molecule has 4 rings (SSSR count). The van der Waals surface area contributed by atoms with E-state index in [4.69, 9.17) is 9.97 Å². The summed E-state index contributed by atoms with van der Waals surface area (Å²) in [5.74, 6) is 2.82. The number of carbonyl (C=O) groups excluding carboxylic acids is 2. The first-order valence-corrected chi connectivity index (χ1v) is 12.7. The number of carbonyl (C=O) groups is 2. The maximum atomic E-state index is 12.2. The highest BCUT2D eigenvalue weighted by molar-refractivity contribution is 5.87. The fraction of sp³-hybridized carbons (Fsp3) is 0.692. The lowest BCUT2D eigenvalue weighted by Gasteiger charge is -2.47. The molecule has 3 heterocycles. The highest BCUT2D eigenvalue weighted by Crippen LogP contribution is 2.41. The molecule has 0 radical (unpaired) electrons. The average Bonchev–Trinajstić information content (AvgIpc) is 3.22. The molecule has 2 N–H and O–H groups in total. The van der Waals surface area contributed by atoms with Gasteiger partial charge in [0.15, 0.2) is 0 Å². The molecule has 2 unspecified atom stereocenters. The van der Waals surface area contributed by atoms with Crippen molar-refractivity contribution < 1.29 is 9.59 Å². The molecule has 2 saturated heterocycles. The number of likely N-dealkylation sites (tertiary alicyclic amines) is 1. The third-order valence-electron chi connectivity index (χ3n) is 7.58. The molecule has 3 aliphatic rings. The third-order valence-corrected chi connectivity index (χ3v) is 7.58. The third kappa shape index (κ3) is 5.20. The molecule has 8 heteroatoms. The molecule has 1 spiro atoms. The molecule has 2 amide bonds. The van der Waals surface area contributed by atoms with E-state index in [9.17, 15) is 9.59 Å². The average molecular weight is 469 g/mol. The lowest BCUT2D eigenvalue weighted by molar-refractivity contribution is -0.136. The van der Waals surface area contributed by atoms with Crippen LogP contribution in [0.4, 0.5) is 11.8 Å². The summed E-state index contributed by atoms with van der Waals surface area (Å²) in [5.41, 5.74) is 2.50. The summed E-state index contributed by atoms with van der Waals surface area (Å²) < 4.78 is 0. The Labute approximate surface area is 203 Å². The minimum atomic E-state index is 0.0156. The van der Waals surface area contributed by atoms with Crippen molar-refractivity contribution in [3.8, 4) is 0 Å². The second kappa shape index (κ2) is 9.92. The Balaban J connectivity index is 1.57. The molecular weight excluding hydrogens is 428 g/mol. The Morgan fingerprint density at radius 2 is 2.03 bits per heavy atom. The molecular formula is C26H40N6O2. The number of hydrogen-bond donors (Lipinski definition) is 2. The first kappa shape index (κ1) is 24.5. The Bertz CT molecular complexity index is 939. The molecule has 1 aromatic heterocycles. The molecule has 1 aromatic rings. The summed E-state index contributed by atoms with van der Waals surface area (Å²) in [4.78, 5) is 38.4. The Morgan fingerprint density at radius 3 is 2.71 bits per heavy atom. The number of nitrogens with one attached hydrogen (secondary N) is 2. The van der Waals surface area contributed by atoms with Gasteiger partial charge in [0.05, 0.1) is 5.69 Å². The summed E-state index contributed by atoms with van der Waals surface area (Å²) in [5, 5.41) is 6.42. The van der Waals surface area contributed by atoms with Crippen molar-refractivity contribution in [1.29, 1.82) is 0 Å². The van der Waals surface area contributed by atoms with Crippen molar-refractivity contribution in [2.45, 2.75) is 65.3 Å². The first-order valence-electron chi connectivity index (χ1n) is 12.7. The largest absolute Gasteiger partial charge is 0.366 e. The van der Waals surface area contributed by atoms with Gasteiger partial charge < -0.3 is 20.4 Å². The molecule has 2 aliphatic heterocycles. The summed E-state index contributed by atoms with van der Waals surface area (Å²) in [6.07, 6.45) is 6.84. The normalized spacial score (nSPS) is 21.7. The Morgan fingerprint density at radius 1 is 1.26 bits per heavy atom. The van der Waals surface area contributed by atoms with Gasteiger partial charge in [-0.1, -0.05) is 27.4 Å². The van der Waals surface area contributed by atoms with Crippen LogP contribution in [-0.2, 0) is 22.4 Å². The maximum absolute atomic E-state index is 12.2. The van der Waals surface area contributed by atoms with Crippen LogP contribution in [0.25, 0.3) is 0 Å². The molecule has 186 valence electrons. The fourth-order valence-electron chi connectivity index (χ4n) is 5.73. The molecule has 0 bridgehead atoms. The molecule has 0 aromatic carbocycles. The van der Waals surface area contributed by atoms with Crippen LogP contribution in [0.5, 0.6) is 0 Å². The first-order chi connectivity index (χ1) is 16.2. The number of nitrogens with zero attached hydrogens (tertiary/aromatic N) is 4. The van der Waals surface area contributed by atoms with E-state index in [2.05, 4.69) is 42.9 Å². The van der Waals surface area contributed by atoms with Gasteiger partial charge in [-0.3, -0.25) is 9.59 Å². The van der Waals surface area contributed by atoms with Gasteiger partial charge in [0.1, 0.15) is 5.82 Å². The fourth-order valence-corrected chi connectivity index (χ4v) is 5.73. The van der Waals surface area contributed by atoms with Crippen molar-refractivity contribution in [2.24, 2.45) is 17.3 Å². The van der Waals surface area contributed by atoms with Crippen molar-refractivity contribution in [2.75, 3.05) is 43.4 Å². The Kier molecular flexibility index (Phi) is 7.14. The van der Waals surface area contributed by atoms with Gasteiger partial charge in [-0.05, 0) is 50.0 Å². The van der Waals surface area contributed by atoms with Gasteiger partial charge in [0.25, 0.3) is 0 Å². The number of anilines is 2. The molecule has 1 aliphatic carbocycles. The van der Waals surface area contributed by atoms with Crippen LogP contribution in [0.2, 0.25) is 0 Å². The summed E-state index contributed by atoms with van der Waals surface area (Å²) in [7, 11) is 1.69. The molecule has 2 fully saturated rings. The van der Waals surface area contributed by atoms with Gasteiger partial charge in [0.2, 0.25) is 17.8 Å². The number of aromatic nitrogens is 2. The lowest BCUT2D eigenvalue weighted by Crippen LogP contribution is -2.59. The van der Waals surface area contributed by atoms with Gasteiger partial charge in [-0.25, -0.2) is 4.98 Å². The highest BCUT2D eigenvalue weighted by Gasteiger charge is 2.49. The minimum Gasteiger partial charge on any atom is -0.366 e. The van der Waals surface area contributed by atoms with E-state index in [1.165, 1.54) is 11.6 Å². The smallest absolute Gasteiger partial charge is 0.245 e. The van der Waals surface area contributed by atoms with E-state index in [-0.39, 0.29) is 23.3 Å². The second-order valence-corrected chi connectivity index (χ2v) is 11.1. The van der Waals surface area contributed by atoms with Crippen molar-refractivity contribution in [3.63, 3.8) is 0 Å². The van der Waals surface area contributed by atoms with E-state index < -0.39 is 0 Å². The van der Waals surface area contributed by atoms with Crippen LogP contribution in [0.3, 0.4) is 0 Å². The van der Waals surface area contributed by atoms with Crippen LogP contribution in [0, 0.1) is 17.3 Å². The van der Waals surface area contributed by atoms with Gasteiger partial charge in [-0.15, -0.1) is 0 Å². The monoisotopic (exact) mass is 468 g/mol. The summed E-state index contributed by atoms with van der Waals surface area (Å²) in [6, 6.07) is 0.0289. The topological polar surface area (TPSA) is 90.5 Å². The van der Waals surface area contributed by atoms with E-state index in [1.54, 1.807) is 7.05 Å². The summed E-state index contributed by atoms with van der Waals surface area (Å²) >= 11 is 0. The van der Waals surface area contributed by atoms with Gasteiger partial charge in [-0.2, -0.15) is 4.98 Å². The summed E-state index contributed by atoms with van der Waals surface area (Å²) in [6.45, 7) is 13.6. The SMILES string of the molecule is C=CC(=O)N1CC2(CCN(c3nc4c(c(NC(CC(=O)NC)CC(C)C)n3)CCC(C)C4)C2)C1. The predicted molar refractivity (Wildman–Crippen MR) is 135 cm³/mol. The highest BCUT2D eigenvalue weighted by atomic mass is 16.2. The lowest BCUT2D eigenvalue weighted by atomic mass is 9.79. The van der Waals surface area contributed by atoms with Crippen LogP contribution >= 0.6 is 0 Å². The van der Waals surface area contributed by atoms with E-state index in [0.29, 0.717) is 18.3 Å². The number of amides is 2. The maximum Gasteiger partial charge on any atom is 0.245 e. The minimum absolute atomic E-state index is 0.0156. The van der Waals surface area contributed by atoms with E-state index >= 15 is 0 Å². The standard InChI is InChI=1S/C26H40N6O2/c1-6-23(34)32-15-26(16-32)9-10-31(14-26)25-29-21-12-18(4)7-8-20(21)24(30-25)28-19(11-17(2)3)13-22(33)27-5/h6,17-19H,1,7-16H2,2-5H3,(H,27,33)(H,28,29,30). The van der Waals surface area contributed by atoms with Crippen LogP contribution in [0.1, 0.15) is 57.7 Å². The number of fused-ring (bicyclic) bond motifs is 1. The quantitative estimate of drug-likeness (QED) is 0.570.